The molecule has 1 aliphatic rings. The molecule has 12 nitrogen and oxygen atoms in total. The molecule has 0 saturated heterocycles. The fourth-order valence-electron chi connectivity index (χ4n) is 3.84. The number of nitrogens with one attached hydrogen (secondary N) is 1. The van der Waals surface area contributed by atoms with Gasteiger partial charge in [0, 0.05) is 25.2 Å². The number of ether oxygens (including phenoxy) is 1. The summed E-state index contributed by atoms with van der Waals surface area (Å²) >= 11 is 0. The fourth-order valence-corrected chi connectivity index (χ4v) is 3.84. The number of esters is 1. The zero-order chi connectivity index (χ0) is 27.7. The number of nitrogens with zero attached hydrogens (tertiary/aromatic N) is 8. The third kappa shape index (κ3) is 5.76. The normalized spacial score (nSPS) is 14.2. The summed E-state index contributed by atoms with van der Waals surface area (Å²) in [5, 5.41) is 14.1. The minimum Gasteiger partial charge on any atom is -0.464 e. The molecular formula is C24H22F3N9O3. The van der Waals surface area contributed by atoms with Crippen LogP contribution >= 0.6 is 0 Å². The highest BCUT2D eigenvalue weighted by Crippen LogP contribution is 2.40. The number of anilines is 1. The van der Waals surface area contributed by atoms with Crippen LogP contribution in [-0.4, -0.2) is 58.2 Å². The molecule has 1 saturated carbocycles. The summed E-state index contributed by atoms with van der Waals surface area (Å²) in [4.78, 5) is 36.5. The number of carbonyl (C=O) groups is 2. The smallest absolute Gasteiger partial charge is 0.419 e. The monoisotopic (exact) mass is 541 g/mol. The average Bonchev–Trinajstić information content (AvgIpc) is 3.42. The van der Waals surface area contributed by atoms with E-state index < -0.39 is 29.7 Å². The minimum atomic E-state index is -4.69. The van der Waals surface area contributed by atoms with Gasteiger partial charge >= 0.3 is 12.1 Å². The molecule has 202 valence electrons. The van der Waals surface area contributed by atoms with Crippen molar-refractivity contribution >= 4 is 17.7 Å². The standard InChI is InChI=1S/C24H22F3N9O3/c1-13(11-39-14(2)37)36-22(32-33-34-36)17-4-3-5-21(30-17)31-23(38)18-8-20(16(9-28-18)24(25,26)27)35-10-19(29-12-35)15-6-7-15/h3-5,8-10,12-13,15H,6-7,11H2,1-2H3,(H,30,31,38). The molecule has 39 heavy (non-hydrogen) atoms. The first kappa shape index (κ1) is 25.9. The molecule has 1 aliphatic carbocycles. The van der Waals surface area contributed by atoms with Gasteiger partial charge < -0.3 is 14.6 Å². The SMILES string of the molecule is CC(=O)OCC(C)n1nnnc1-c1cccc(NC(=O)c2cc(-n3cnc(C4CC4)c3)c(C(F)(F)F)cn2)n1. The lowest BCUT2D eigenvalue weighted by Crippen LogP contribution is -2.18. The van der Waals surface area contributed by atoms with E-state index in [4.69, 9.17) is 4.74 Å². The lowest BCUT2D eigenvalue weighted by molar-refractivity contribution is -0.142. The average molecular weight is 541 g/mol. The molecule has 4 heterocycles. The highest BCUT2D eigenvalue weighted by molar-refractivity contribution is 6.02. The molecule has 0 spiro atoms. The minimum absolute atomic E-state index is 0.0325. The lowest BCUT2D eigenvalue weighted by Gasteiger charge is -2.14. The third-order valence-corrected chi connectivity index (χ3v) is 5.95. The van der Waals surface area contributed by atoms with Crippen molar-refractivity contribution in [3.05, 3.63) is 59.9 Å². The molecule has 1 N–H and O–H groups in total. The lowest BCUT2D eigenvalue weighted by atomic mass is 10.2. The first-order valence-electron chi connectivity index (χ1n) is 11.9. The molecule has 5 rings (SSSR count). The van der Waals surface area contributed by atoms with Crippen LogP contribution in [0.2, 0.25) is 0 Å². The molecule has 4 aromatic rings. The summed E-state index contributed by atoms with van der Waals surface area (Å²) in [6.45, 7) is 3.07. The number of carbonyl (C=O) groups excluding carboxylic acids is 2. The summed E-state index contributed by atoms with van der Waals surface area (Å²) < 4.78 is 48.8. The van der Waals surface area contributed by atoms with Crippen molar-refractivity contribution in [3.63, 3.8) is 0 Å². The van der Waals surface area contributed by atoms with Gasteiger partial charge in [-0.1, -0.05) is 6.07 Å². The van der Waals surface area contributed by atoms with E-state index in [-0.39, 0.29) is 35.5 Å². The number of imidazole rings is 1. The first-order chi connectivity index (χ1) is 18.6. The molecule has 1 atom stereocenters. The molecule has 0 aromatic carbocycles. The molecule has 1 fully saturated rings. The largest absolute Gasteiger partial charge is 0.464 e. The van der Waals surface area contributed by atoms with Crippen LogP contribution in [0.4, 0.5) is 19.0 Å². The Morgan fingerprint density at radius 2 is 2.03 bits per heavy atom. The summed E-state index contributed by atoms with van der Waals surface area (Å²) in [7, 11) is 0. The number of halogens is 3. The molecule has 15 heteroatoms. The van der Waals surface area contributed by atoms with Gasteiger partial charge in [0.25, 0.3) is 5.91 Å². The number of amides is 1. The Kier molecular flexibility index (Phi) is 6.80. The fraction of sp³-hybridized carbons (Fsp3) is 0.333. The Bertz CT molecular complexity index is 1530. The van der Waals surface area contributed by atoms with Gasteiger partial charge in [-0.05, 0) is 48.4 Å². The number of alkyl halides is 3. The van der Waals surface area contributed by atoms with Gasteiger partial charge in [-0.15, -0.1) is 5.10 Å². The van der Waals surface area contributed by atoms with Crippen molar-refractivity contribution in [2.45, 2.75) is 44.8 Å². The van der Waals surface area contributed by atoms with Crippen LogP contribution in [0.15, 0.2) is 43.0 Å². The Morgan fingerprint density at radius 1 is 1.23 bits per heavy atom. The number of hydrogen-bond donors (Lipinski definition) is 1. The Morgan fingerprint density at radius 3 is 2.74 bits per heavy atom. The third-order valence-electron chi connectivity index (χ3n) is 5.95. The molecular weight excluding hydrogens is 519 g/mol. The first-order valence-corrected chi connectivity index (χ1v) is 11.9. The van der Waals surface area contributed by atoms with Crippen molar-refractivity contribution in [1.29, 1.82) is 0 Å². The molecule has 1 unspecified atom stereocenters. The summed E-state index contributed by atoms with van der Waals surface area (Å²) in [6.07, 6.45) is 0.671. The van der Waals surface area contributed by atoms with E-state index in [2.05, 4.69) is 35.8 Å². The van der Waals surface area contributed by atoms with E-state index in [1.54, 1.807) is 25.3 Å². The Hall–Kier alpha value is -4.69. The predicted octanol–water partition coefficient (Wildman–Crippen LogP) is 3.59. The second-order valence-electron chi connectivity index (χ2n) is 9.03. The van der Waals surface area contributed by atoms with E-state index in [1.807, 2.05) is 0 Å². The van der Waals surface area contributed by atoms with E-state index in [0.29, 0.717) is 17.6 Å². The van der Waals surface area contributed by atoms with Crippen molar-refractivity contribution in [1.82, 2.24) is 39.7 Å². The topological polar surface area (TPSA) is 143 Å². The van der Waals surface area contributed by atoms with Gasteiger partial charge in [0.2, 0.25) is 5.82 Å². The van der Waals surface area contributed by atoms with Crippen LogP contribution in [0.3, 0.4) is 0 Å². The molecule has 4 aromatic heterocycles. The van der Waals surface area contributed by atoms with Crippen LogP contribution in [0.1, 0.15) is 60.4 Å². The highest BCUT2D eigenvalue weighted by atomic mass is 19.4. The number of pyridine rings is 2. The number of rotatable bonds is 8. The molecule has 0 aliphatic heterocycles. The highest BCUT2D eigenvalue weighted by Gasteiger charge is 2.36. The maximum absolute atomic E-state index is 13.7. The molecule has 0 bridgehead atoms. The number of hydrogen-bond acceptors (Lipinski definition) is 9. The predicted molar refractivity (Wildman–Crippen MR) is 129 cm³/mol. The second kappa shape index (κ2) is 10.2. The van der Waals surface area contributed by atoms with Gasteiger partial charge in [-0.3, -0.25) is 14.6 Å². The van der Waals surface area contributed by atoms with Crippen LogP contribution in [-0.2, 0) is 15.7 Å². The number of tetrazole rings is 1. The van der Waals surface area contributed by atoms with Crippen molar-refractivity contribution < 1.29 is 27.5 Å². The van der Waals surface area contributed by atoms with E-state index in [9.17, 15) is 22.8 Å². The van der Waals surface area contributed by atoms with Gasteiger partial charge in [0.05, 0.1) is 29.3 Å². The quantitative estimate of drug-likeness (QED) is 0.331. The molecule has 0 radical (unpaired) electrons. The zero-order valence-corrected chi connectivity index (χ0v) is 20.8. The van der Waals surface area contributed by atoms with E-state index in [1.165, 1.54) is 28.6 Å². The van der Waals surface area contributed by atoms with Crippen molar-refractivity contribution in [2.24, 2.45) is 0 Å². The zero-order valence-electron chi connectivity index (χ0n) is 20.8. The van der Waals surface area contributed by atoms with Gasteiger partial charge in [-0.2, -0.15) is 13.2 Å². The molecule has 1 amide bonds. The van der Waals surface area contributed by atoms with E-state index >= 15 is 0 Å². The van der Waals surface area contributed by atoms with Gasteiger partial charge in [0.15, 0.2) is 0 Å². The number of aromatic nitrogens is 8. The Balaban J connectivity index is 1.39. The summed E-state index contributed by atoms with van der Waals surface area (Å²) in [6, 6.07) is 5.38. The van der Waals surface area contributed by atoms with Crippen molar-refractivity contribution in [3.8, 4) is 17.2 Å². The van der Waals surface area contributed by atoms with E-state index in [0.717, 1.165) is 18.9 Å². The second-order valence-corrected chi connectivity index (χ2v) is 9.03. The van der Waals surface area contributed by atoms with Gasteiger partial charge in [-0.25, -0.2) is 14.6 Å². The van der Waals surface area contributed by atoms with Crippen LogP contribution < -0.4 is 5.32 Å². The summed E-state index contributed by atoms with van der Waals surface area (Å²) in [5.74, 6) is -0.612. The van der Waals surface area contributed by atoms with Crippen LogP contribution in [0, 0.1) is 0 Å². The maximum atomic E-state index is 13.7. The van der Waals surface area contributed by atoms with Crippen LogP contribution in [0.5, 0.6) is 0 Å². The Labute approximate surface area is 219 Å². The van der Waals surface area contributed by atoms with Crippen LogP contribution in [0.25, 0.3) is 17.2 Å². The summed E-state index contributed by atoms with van der Waals surface area (Å²) in [5.41, 5.74) is -0.485. The van der Waals surface area contributed by atoms with Gasteiger partial charge in [0.1, 0.15) is 23.8 Å². The maximum Gasteiger partial charge on any atom is 0.419 e. The van der Waals surface area contributed by atoms with Crippen molar-refractivity contribution in [2.75, 3.05) is 11.9 Å².